The summed E-state index contributed by atoms with van der Waals surface area (Å²) >= 11 is 5.87. The Balaban J connectivity index is 2.13. The fourth-order valence-electron chi connectivity index (χ4n) is 1.84. The normalized spacial score (nSPS) is 10.7. The third-order valence-corrected chi connectivity index (χ3v) is 3.13. The number of aromatic amines is 1. The number of para-hydroxylation sites is 1. The molecule has 3 rings (SSSR count). The smallest absolute Gasteiger partial charge is 0.273 e. The number of pyridine rings is 1. The van der Waals surface area contributed by atoms with Crippen molar-refractivity contribution in [3.05, 3.63) is 57.7 Å². The summed E-state index contributed by atoms with van der Waals surface area (Å²) in [7, 11) is 0. The molecular weight excluding hydrogens is 278 g/mol. The quantitative estimate of drug-likeness (QED) is 0.786. The molecule has 0 fully saturated rings. The fourth-order valence-corrected chi connectivity index (χ4v) is 1.98. The van der Waals surface area contributed by atoms with Gasteiger partial charge >= 0.3 is 0 Å². The summed E-state index contributed by atoms with van der Waals surface area (Å²) in [5.74, 6) is 0.567. The number of hydrogen-bond acceptors (Lipinski definition) is 4. The molecule has 3 aromatic rings. The van der Waals surface area contributed by atoms with Crippen LogP contribution in [0.4, 0.5) is 0 Å². The number of benzene rings is 1. The first kappa shape index (κ1) is 12.6. The highest BCUT2D eigenvalue weighted by Crippen LogP contribution is 2.29. The van der Waals surface area contributed by atoms with Crippen LogP contribution in [-0.4, -0.2) is 15.0 Å². The summed E-state index contributed by atoms with van der Waals surface area (Å²) in [6, 6.07) is 9.41. The molecular formula is C14H10ClN3O2. The van der Waals surface area contributed by atoms with E-state index in [4.69, 9.17) is 16.3 Å². The van der Waals surface area contributed by atoms with Gasteiger partial charge in [0.25, 0.3) is 5.56 Å². The summed E-state index contributed by atoms with van der Waals surface area (Å²) in [4.78, 5) is 22.2. The molecule has 1 N–H and O–H groups in total. The minimum atomic E-state index is -0.443. The lowest BCUT2D eigenvalue weighted by atomic mass is 10.2. The molecule has 100 valence electrons. The van der Waals surface area contributed by atoms with Gasteiger partial charge in [0, 0.05) is 11.1 Å². The van der Waals surface area contributed by atoms with Crippen LogP contribution < -0.4 is 10.3 Å². The first-order valence-electron chi connectivity index (χ1n) is 5.92. The Hall–Kier alpha value is -2.40. The van der Waals surface area contributed by atoms with Crippen LogP contribution in [0.1, 0.15) is 5.69 Å². The van der Waals surface area contributed by atoms with Crippen molar-refractivity contribution in [3.63, 3.8) is 0 Å². The van der Waals surface area contributed by atoms with Gasteiger partial charge in [-0.05, 0) is 19.1 Å². The molecule has 0 atom stereocenters. The Morgan fingerprint density at radius 2 is 2.10 bits per heavy atom. The molecule has 1 aromatic carbocycles. The molecule has 0 aliphatic carbocycles. The Morgan fingerprint density at radius 3 is 2.95 bits per heavy atom. The minimum absolute atomic E-state index is 0.0613. The molecule has 0 unspecified atom stereocenters. The van der Waals surface area contributed by atoms with Crippen molar-refractivity contribution in [2.75, 3.05) is 0 Å². The number of halogens is 1. The van der Waals surface area contributed by atoms with Crippen LogP contribution in [-0.2, 0) is 0 Å². The highest BCUT2D eigenvalue weighted by Gasteiger charge is 2.11. The van der Waals surface area contributed by atoms with Crippen LogP contribution in [0.3, 0.4) is 0 Å². The number of fused-ring (bicyclic) bond motifs is 1. The van der Waals surface area contributed by atoms with Gasteiger partial charge in [-0.15, -0.1) is 0 Å². The van der Waals surface area contributed by atoms with E-state index in [2.05, 4.69) is 15.0 Å². The average molecular weight is 288 g/mol. The zero-order valence-electron chi connectivity index (χ0n) is 10.6. The highest BCUT2D eigenvalue weighted by atomic mass is 35.5. The number of aromatic nitrogens is 3. The molecule has 0 saturated heterocycles. The second-order valence-electron chi connectivity index (χ2n) is 4.23. The van der Waals surface area contributed by atoms with E-state index in [1.54, 1.807) is 6.07 Å². The lowest BCUT2D eigenvalue weighted by molar-refractivity contribution is 0.465. The number of rotatable bonds is 2. The van der Waals surface area contributed by atoms with Crippen LogP contribution in [0, 0.1) is 6.92 Å². The molecule has 0 saturated carbocycles. The SMILES string of the molecule is Cc1ccc2cccc(Oc3nc[nH]c(=O)c3Cl)c2n1. The van der Waals surface area contributed by atoms with Crippen molar-refractivity contribution in [1.29, 1.82) is 0 Å². The zero-order chi connectivity index (χ0) is 14.1. The predicted octanol–water partition coefficient (Wildman–Crippen LogP) is 3.07. The second kappa shape index (κ2) is 4.94. The number of ether oxygens (including phenoxy) is 1. The molecule has 0 aliphatic heterocycles. The van der Waals surface area contributed by atoms with E-state index in [-0.39, 0.29) is 10.9 Å². The molecule has 5 nitrogen and oxygen atoms in total. The molecule has 6 heteroatoms. The third kappa shape index (κ3) is 2.23. The van der Waals surface area contributed by atoms with Gasteiger partial charge in [-0.2, -0.15) is 0 Å². The monoisotopic (exact) mass is 287 g/mol. The molecule has 0 bridgehead atoms. The highest BCUT2D eigenvalue weighted by molar-refractivity contribution is 6.31. The van der Waals surface area contributed by atoms with Gasteiger partial charge in [0.05, 0.1) is 6.33 Å². The van der Waals surface area contributed by atoms with E-state index in [0.29, 0.717) is 11.3 Å². The summed E-state index contributed by atoms with van der Waals surface area (Å²) in [6.07, 6.45) is 1.24. The number of hydrogen-bond donors (Lipinski definition) is 1. The second-order valence-corrected chi connectivity index (χ2v) is 4.61. The first-order valence-corrected chi connectivity index (χ1v) is 6.30. The number of H-pyrrole nitrogens is 1. The van der Waals surface area contributed by atoms with Gasteiger partial charge in [0.15, 0.2) is 10.8 Å². The Labute approximate surface area is 119 Å². The van der Waals surface area contributed by atoms with E-state index in [0.717, 1.165) is 11.1 Å². The maximum Gasteiger partial charge on any atom is 0.273 e. The number of nitrogens with one attached hydrogen (secondary N) is 1. The summed E-state index contributed by atoms with van der Waals surface area (Å²) < 4.78 is 5.63. The van der Waals surface area contributed by atoms with Crippen LogP contribution in [0.2, 0.25) is 5.02 Å². The van der Waals surface area contributed by atoms with E-state index in [1.165, 1.54) is 6.33 Å². The summed E-state index contributed by atoms with van der Waals surface area (Å²) in [5, 5.41) is 0.853. The number of aryl methyl sites for hydroxylation is 1. The maximum atomic E-state index is 11.4. The fraction of sp³-hybridized carbons (Fsp3) is 0.0714. The summed E-state index contributed by atoms with van der Waals surface area (Å²) in [5.41, 5.74) is 1.13. The lowest BCUT2D eigenvalue weighted by Crippen LogP contribution is -2.08. The van der Waals surface area contributed by atoms with Crippen LogP contribution in [0.15, 0.2) is 41.5 Å². The minimum Gasteiger partial charge on any atom is -0.435 e. The standard InChI is InChI=1S/C14H10ClN3O2/c1-8-5-6-9-3-2-4-10(12(9)18-8)20-14-11(15)13(19)16-7-17-14/h2-7H,1H3,(H,16,17,19). The van der Waals surface area contributed by atoms with Crippen molar-refractivity contribution >= 4 is 22.5 Å². The van der Waals surface area contributed by atoms with Gasteiger partial charge in [0.1, 0.15) is 5.52 Å². The Morgan fingerprint density at radius 1 is 1.25 bits per heavy atom. The topological polar surface area (TPSA) is 67.9 Å². The van der Waals surface area contributed by atoms with Crippen molar-refractivity contribution in [3.8, 4) is 11.6 Å². The Bertz CT molecular complexity index is 845. The molecule has 2 aromatic heterocycles. The van der Waals surface area contributed by atoms with Gasteiger partial charge in [-0.1, -0.05) is 29.8 Å². The van der Waals surface area contributed by atoms with Crippen molar-refractivity contribution in [2.45, 2.75) is 6.92 Å². The van der Waals surface area contributed by atoms with E-state index < -0.39 is 5.56 Å². The zero-order valence-corrected chi connectivity index (χ0v) is 11.3. The van der Waals surface area contributed by atoms with Crippen molar-refractivity contribution < 1.29 is 4.74 Å². The molecule has 0 spiro atoms. The van der Waals surface area contributed by atoms with Crippen molar-refractivity contribution in [2.24, 2.45) is 0 Å². The number of nitrogens with zero attached hydrogens (tertiary/aromatic N) is 2. The van der Waals surface area contributed by atoms with Crippen LogP contribution in [0.5, 0.6) is 11.6 Å². The molecule has 20 heavy (non-hydrogen) atoms. The molecule has 0 radical (unpaired) electrons. The molecule has 0 aliphatic rings. The van der Waals surface area contributed by atoms with Crippen LogP contribution >= 0.6 is 11.6 Å². The van der Waals surface area contributed by atoms with Gasteiger partial charge in [-0.3, -0.25) is 4.79 Å². The van der Waals surface area contributed by atoms with E-state index in [9.17, 15) is 4.79 Å². The van der Waals surface area contributed by atoms with Crippen LogP contribution in [0.25, 0.3) is 10.9 Å². The molecule has 0 amide bonds. The first-order chi connectivity index (χ1) is 9.65. The molecule has 2 heterocycles. The van der Waals surface area contributed by atoms with Gasteiger partial charge in [-0.25, -0.2) is 9.97 Å². The van der Waals surface area contributed by atoms with E-state index >= 15 is 0 Å². The lowest BCUT2D eigenvalue weighted by Gasteiger charge is -2.08. The largest absolute Gasteiger partial charge is 0.435 e. The van der Waals surface area contributed by atoms with E-state index in [1.807, 2.05) is 31.2 Å². The van der Waals surface area contributed by atoms with Gasteiger partial charge in [0.2, 0.25) is 5.88 Å². The average Bonchev–Trinajstić information content (AvgIpc) is 2.44. The Kier molecular flexibility index (Phi) is 3.12. The van der Waals surface area contributed by atoms with Gasteiger partial charge < -0.3 is 9.72 Å². The third-order valence-electron chi connectivity index (χ3n) is 2.79. The predicted molar refractivity (Wildman–Crippen MR) is 76.4 cm³/mol. The summed E-state index contributed by atoms with van der Waals surface area (Å²) in [6.45, 7) is 1.90. The maximum absolute atomic E-state index is 11.4. The van der Waals surface area contributed by atoms with Crippen molar-refractivity contribution in [1.82, 2.24) is 15.0 Å².